The van der Waals surface area contributed by atoms with Crippen LogP contribution in [0.5, 0.6) is 5.75 Å². The highest BCUT2D eigenvalue weighted by Crippen LogP contribution is 2.26. The average Bonchev–Trinajstić information content (AvgIpc) is 3.25. The van der Waals surface area contributed by atoms with Crippen LogP contribution in [0.15, 0.2) is 65.6 Å². The lowest BCUT2D eigenvalue weighted by Crippen LogP contribution is -2.42. The molecule has 0 aromatic heterocycles. The fourth-order valence-corrected chi connectivity index (χ4v) is 4.21. The highest BCUT2D eigenvalue weighted by atomic mass is 32.2. The number of sulfonamides is 1. The Hall–Kier alpha value is -3.33. The monoisotopic (exact) mass is 429 g/mol. The first-order valence-electron chi connectivity index (χ1n) is 9.41. The highest BCUT2D eigenvalue weighted by molar-refractivity contribution is 7.92. The smallest absolute Gasteiger partial charge is 0.269 e. The molecule has 2 aromatic carbocycles. The zero-order valence-corrected chi connectivity index (χ0v) is 17.2. The van der Waals surface area contributed by atoms with Gasteiger partial charge in [0.15, 0.2) is 0 Å². The van der Waals surface area contributed by atoms with Crippen LogP contribution >= 0.6 is 0 Å². The Labute approximate surface area is 175 Å². The number of hydrogen-bond acceptors (Lipinski definition) is 5. The molecule has 8 nitrogen and oxygen atoms in total. The first-order chi connectivity index (χ1) is 14.4. The molecular weight excluding hydrogens is 406 g/mol. The number of benzene rings is 2. The molecule has 0 saturated heterocycles. The van der Waals surface area contributed by atoms with Gasteiger partial charge in [0.05, 0.1) is 17.7 Å². The van der Waals surface area contributed by atoms with Crippen molar-refractivity contribution in [3.05, 3.63) is 66.2 Å². The second-order valence-electron chi connectivity index (χ2n) is 6.81. The summed E-state index contributed by atoms with van der Waals surface area (Å²) in [5.41, 5.74) is 5.07. The molecule has 0 bridgehead atoms. The predicted octanol–water partition coefficient (Wildman–Crippen LogP) is 2.61. The number of amides is 2. The molecule has 3 rings (SSSR count). The lowest BCUT2D eigenvalue weighted by atomic mass is 10.1. The van der Waals surface area contributed by atoms with Gasteiger partial charge in [0.2, 0.25) is 5.91 Å². The van der Waals surface area contributed by atoms with E-state index in [0.717, 1.165) is 12.8 Å². The fourth-order valence-electron chi connectivity index (χ4n) is 3.09. The number of hydrogen-bond donors (Lipinski definition) is 3. The van der Waals surface area contributed by atoms with E-state index in [-0.39, 0.29) is 34.4 Å². The third-order valence-electron chi connectivity index (χ3n) is 4.63. The van der Waals surface area contributed by atoms with Crippen molar-refractivity contribution in [1.82, 2.24) is 10.9 Å². The largest absolute Gasteiger partial charge is 0.495 e. The Balaban J connectivity index is 1.66. The molecule has 3 N–H and O–H groups in total. The van der Waals surface area contributed by atoms with E-state index in [2.05, 4.69) is 15.6 Å². The normalized spacial score (nSPS) is 15.4. The van der Waals surface area contributed by atoms with Gasteiger partial charge in [-0.15, -0.1) is 0 Å². The summed E-state index contributed by atoms with van der Waals surface area (Å²) in [6.07, 6.45) is 6.18. The van der Waals surface area contributed by atoms with Crippen molar-refractivity contribution < 1.29 is 22.7 Å². The third-order valence-corrected chi connectivity index (χ3v) is 6.00. The Morgan fingerprint density at radius 1 is 1.10 bits per heavy atom. The molecule has 1 aliphatic carbocycles. The summed E-state index contributed by atoms with van der Waals surface area (Å²) in [6, 6.07) is 12.1. The van der Waals surface area contributed by atoms with Crippen molar-refractivity contribution in [2.24, 2.45) is 5.92 Å². The summed E-state index contributed by atoms with van der Waals surface area (Å²) in [5.74, 6) is -0.368. The third kappa shape index (κ3) is 5.38. The Morgan fingerprint density at radius 2 is 1.90 bits per heavy atom. The maximum absolute atomic E-state index is 12.7. The molecule has 0 saturated carbocycles. The number of hydrazine groups is 1. The summed E-state index contributed by atoms with van der Waals surface area (Å²) in [7, 11) is -2.51. The minimum absolute atomic E-state index is 0.0940. The van der Waals surface area contributed by atoms with Gasteiger partial charge in [-0.25, -0.2) is 8.42 Å². The molecule has 30 heavy (non-hydrogen) atoms. The molecule has 0 spiro atoms. The Morgan fingerprint density at radius 3 is 2.63 bits per heavy atom. The maximum Gasteiger partial charge on any atom is 0.269 e. The summed E-state index contributed by atoms with van der Waals surface area (Å²) in [6.45, 7) is 0. The first-order valence-corrected chi connectivity index (χ1v) is 10.9. The Kier molecular flexibility index (Phi) is 6.73. The molecule has 158 valence electrons. The van der Waals surface area contributed by atoms with E-state index in [1.54, 1.807) is 24.3 Å². The summed E-state index contributed by atoms with van der Waals surface area (Å²) in [4.78, 5) is 24.2. The van der Waals surface area contributed by atoms with Crippen molar-refractivity contribution in [3.8, 4) is 5.75 Å². The zero-order chi connectivity index (χ0) is 21.6. The van der Waals surface area contributed by atoms with Crippen LogP contribution in [0, 0.1) is 5.92 Å². The van der Waals surface area contributed by atoms with Gasteiger partial charge in [0.1, 0.15) is 5.75 Å². The van der Waals surface area contributed by atoms with E-state index in [9.17, 15) is 18.0 Å². The van der Waals surface area contributed by atoms with Crippen LogP contribution in [0.1, 0.15) is 29.6 Å². The van der Waals surface area contributed by atoms with E-state index in [1.807, 2.05) is 12.2 Å². The van der Waals surface area contributed by atoms with Crippen molar-refractivity contribution in [2.75, 3.05) is 11.8 Å². The summed E-state index contributed by atoms with van der Waals surface area (Å²) < 4.78 is 33.1. The van der Waals surface area contributed by atoms with Crippen LogP contribution < -0.4 is 20.3 Å². The van der Waals surface area contributed by atoms with Gasteiger partial charge in [-0.05, 0) is 49.1 Å². The van der Waals surface area contributed by atoms with Crippen LogP contribution in [-0.4, -0.2) is 27.3 Å². The van der Waals surface area contributed by atoms with Gasteiger partial charge in [0.25, 0.3) is 15.9 Å². The number of ether oxygens (including phenoxy) is 1. The second kappa shape index (κ2) is 9.45. The van der Waals surface area contributed by atoms with Gasteiger partial charge in [-0.3, -0.25) is 25.2 Å². The minimum Gasteiger partial charge on any atom is -0.495 e. The van der Waals surface area contributed by atoms with Gasteiger partial charge < -0.3 is 4.74 Å². The van der Waals surface area contributed by atoms with Crippen molar-refractivity contribution in [1.29, 1.82) is 0 Å². The van der Waals surface area contributed by atoms with Crippen LogP contribution in [0.2, 0.25) is 0 Å². The molecule has 2 amide bonds. The van der Waals surface area contributed by atoms with E-state index in [4.69, 9.17) is 4.74 Å². The fraction of sp³-hybridized carbons (Fsp3) is 0.238. The van der Waals surface area contributed by atoms with Gasteiger partial charge >= 0.3 is 0 Å². The number of anilines is 1. The van der Waals surface area contributed by atoms with Crippen molar-refractivity contribution in [3.63, 3.8) is 0 Å². The van der Waals surface area contributed by atoms with Crippen molar-refractivity contribution >= 4 is 27.5 Å². The number of allylic oxidation sites excluding steroid dienone is 2. The lowest BCUT2D eigenvalue weighted by Gasteiger charge is -2.13. The van der Waals surface area contributed by atoms with E-state index in [1.165, 1.54) is 31.4 Å². The summed E-state index contributed by atoms with van der Waals surface area (Å²) in [5, 5.41) is 0. The quantitative estimate of drug-likeness (QED) is 0.462. The number of carbonyl (C=O) groups excluding carboxylic acids is 2. The molecule has 1 unspecified atom stereocenters. The zero-order valence-electron chi connectivity index (χ0n) is 16.4. The maximum atomic E-state index is 12.7. The number of carbonyl (C=O) groups is 2. The molecule has 0 aliphatic heterocycles. The molecule has 2 aromatic rings. The highest BCUT2D eigenvalue weighted by Gasteiger charge is 2.19. The SMILES string of the molecule is COc1ccccc1NS(=O)(=O)c1cccc(C(=O)NNC(=O)CC2C=CCC2)c1. The van der Waals surface area contributed by atoms with Crippen LogP contribution in [-0.2, 0) is 14.8 Å². The lowest BCUT2D eigenvalue weighted by molar-refractivity contribution is -0.122. The minimum atomic E-state index is -3.95. The van der Waals surface area contributed by atoms with Crippen molar-refractivity contribution in [2.45, 2.75) is 24.2 Å². The van der Waals surface area contributed by atoms with Gasteiger partial charge in [-0.1, -0.05) is 30.4 Å². The predicted molar refractivity (Wildman–Crippen MR) is 112 cm³/mol. The second-order valence-corrected chi connectivity index (χ2v) is 8.49. The molecule has 0 heterocycles. The molecule has 0 radical (unpaired) electrons. The molecule has 1 atom stereocenters. The topological polar surface area (TPSA) is 114 Å². The molecule has 9 heteroatoms. The van der Waals surface area contributed by atoms with E-state index >= 15 is 0 Å². The summed E-state index contributed by atoms with van der Waals surface area (Å²) >= 11 is 0. The van der Waals surface area contributed by atoms with Crippen LogP contribution in [0.3, 0.4) is 0 Å². The van der Waals surface area contributed by atoms with Gasteiger partial charge in [0, 0.05) is 12.0 Å². The number of rotatable bonds is 7. The van der Waals surface area contributed by atoms with E-state index < -0.39 is 15.9 Å². The average molecular weight is 429 g/mol. The van der Waals surface area contributed by atoms with Crippen LogP contribution in [0.4, 0.5) is 5.69 Å². The van der Waals surface area contributed by atoms with Crippen LogP contribution in [0.25, 0.3) is 0 Å². The van der Waals surface area contributed by atoms with E-state index in [0.29, 0.717) is 5.75 Å². The number of para-hydroxylation sites is 2. The standard InChI is InChI=1S/C21H23N3O5S/c1-29-19-12-5-4-11-18(19)24-30(27,28)17-10-6-9-16(14-17)21(26)23-22-20(25)13-15-7-2-3-8-15/h2,4-7,9-12,14-15,24H,3,8,13H2,1H3,(H,22,25)(H,23,26). The molecule has 1 aliphatic rings. The first kappa shape index (κ1) is 21.4. The Bertz CT molecular complexity index is 1070. The van der Waals surface area contributed by atoms with Gasteiger partial charge in [-0.2, -0.15) is 0 Å². The number of nitrogens with one attached hydrogen (secondary N) is 3. The molecular formula is C21H23N3O5S. The molecule has 0 fully saturated rings. The number of methoxy groups -OCH3 is 1.